The third kappa shape index (κ3) is 2.70. The maximum Gasteiger partial charge on any atom is 0.374 e. The number of hydrogen-bond acceptors (Lipinski definition) is 5. The third-order valence-corrected chi connectivity index (χ3v) is 2.83. The minimum absolute atomic E-state index is 0.0426. The second-order valence-corrected chi connectivity index (χ2v) is 4.18. The zero-order chi connectivity index (χ0) is 12.3. The van der Waals surface area contributed by atoms with E-state index in [1.165, 1.54) is 11.3 Å². The van der Waals surface area contributed by atoms with Gasteiger partial charge in [-0.3, -0.25) is 4.79 Å². The van der Waals surface area contributed by atoms with Crippen LogP contribution >= 0.6 is 11.3 Å². The van der Waals surface area contributed by atoms with Crippen molar-refractivity contribution in [1.29, 1.82) is 0 Å². The molecule has 17 heavy (non-hydrogen) atoms. The first-order chi connectivity index (χ1) is 8.16. The molecule has 0 aliphatic heterocycles. The van der Waals surface area contributed by atoms with Gasteiger partial charge in [0, 0.05) is 10.9 Å². The molecule has 0 aromatic carbocycles. The minimum atomic E-state index is -1.25. The molecule has 2 heterocycles. The van der Waals surface area contributed by atoms with E-state index in [0.29, 0.717) is 6.54 Å². The van der Waals surface area contributed by atoms with Crippen LogP contribution in [-0.4, -0.2) is 22.1 Å². The number of carboxylic acids is 1. The minimum Gasteiger partial charge on any atom is -0.475 e. The number of aromatic carboxylic acids is 1. The van der Waals surface area contributed by atoms with Crippen molar-refractivity contribution < 1.29 is 19.2 Å². The Hall–Kier alpha value is -2.15. The lowest BCUT2D eigenvalue weighted by Gasteiger charge is -1.98. The van der Waals surface area contributed by atoms with E-state index in [9.17, 15) is 9.59 Å². The molecule has 2 rings (SSSR count). The fourth-order valence-corrected chi connectivity index (χ4v) is 1.80. The van der Waals surface area contributed by atoms with Gasteiger partial charge in [-0.25, -0.2) is 4.79 Å². The summed E-state index contributed by atoms with van der Waals surface area (Å²) in [5.41, 5.74) is -0.0426. The molecule has 88 valence electrons. The number of hydrogen-bond donors (Lipinski definition) is 2. The number of carbonyl (C=O) groups excluding carboxylic acids is 1. The summed E-state index contributed by atoms with van der Waals surface area (Å²) in [6.45, 7) is 0.381. The van der Waals surface area contributed by atoms with Gasteiger partial charge in [0.25, 0.3) is 5.91 Å². The highest BCUT2D eigenvalue weighted by atomic mass is 32.1. The molecule has 6 nitrogen and oxygen atoms in total. The summed E-state index contributed by atoms with van der Waals surface area (Å²) < 4.78 is 4.48. The van der Waals surface area contributed by atoms with Crippen LogP contribution < -0.4 is 5.32 Å². The number of carboxylic acid groups (broad SMARTS) is 1. The highest BCUT2D eigenvalue weighted by molar-refractivity contribution is 7.09. The standard InChI is InChI=1S/C10H8N2O4S/c13-9(11-5-6-2-1-3-17-6)7-4-8(10(14)15)16-12-7/h1-4H,5H2,(H,11,13)(H,14,15). The van der Waals surface area contributed by atoms with E-state index in [1.807, 2.05) is 17.5 Å². The fraction of sp³-hybridized carbons (Fsp3) is 0.100. The smallest absolute Gasteiger partial charge is 0.374 e. The largest absolute Gasteiger partial charge is 0.475 e. The van der Waals surface area contributed by atoms with E-state index in [4.69, 9.17) is 5.11 Å². The molecular formula is C10H8N2O4S. The van der Waals surface area contributed by atoms with Crippen LogP contribution in [0.2, 0.25) is 0 Å². The molecule has 0 spiro atoms. The topological polar surface area (TPSA) is 92.4 Å². The fourth-order valence-electron chi connectivity index (χ4n) is 1.15. The van der Waals surface area contributed by atoms with E-state index in [1.54, 1.807) is 0 Å². The monoisotopic (exact) mass is 252 g/mol. The second-order valence-electron chi connectivity index (χ2n) is 3.14. The summed E-state index contributed by atoms with van der Waals surface area (Å²) in [4.78, 5) is 23.1. The first-order valence-electron chi connectivity index (χ1n) is 4.67. The summed E-state index contributed by atoms with van der Waals surface area (Å²) in [5, 5.41) is 16.5. The summed E-state index contributed by atoms with van der Waals surface area (Å²) in [6, 6.07) is 4.85. The summed E-state index contributed by atoms with van der Waals surface area (Å²) >= 11 is 1.52. The van der Waals surface area contributed by atoms with Gasteiger partial charge in [-0.1, -0.05) is 11.2 Å². The maximum atomic E-state index is 11.6. The van der Waals surface area contributed by atoms with Crippen molar-refractivity contribution in [2.75, 3.05) is 0 Å². The maximum absolute atomic E-state index is 11.6. The lowest BCUT2D eigenvalue weighted by Crippen LogP contribution is -2.22. The first kappa shape index (κ1) is 11.3. The summed E-state index contributed by atoms with van der Waals surface area (Å²) in [7, 11) is 0. The second kappa shape index (κ2) is 4.79. The van der Waals surface area contributed by atoms with Crippen LogP contribution in [0, 0.1) is 0 Å². The molecule has 0 aliphatic rings. The molecule has 0 saturated carbocycles. The average molecular weight is 252 g/mol. The van der Waals surface area contributed by atoms with Gasteiger partial charge in [-0.05, 0) is 11.4 Å². The van der Waals surface area contributed by atoms with Crippen LogP contribution in [0.3, 0.4) is 0 Å². The van der Waals surface area contributed by atoms with E-state index in [2.05, 4.69) is 15.0 Å². The molecule has 2 aromatic heterocycles. The molecule has 1 amide bonds. The zero-order valence-electron chi connectivity index (χ0n) is 8.54. The van der Waals surface area contributed by atoms with Crippen molar-refractivity contribution in [3.05, 3.63) is 39.9 Å². The lowest BCUT2D eigenvalue weighted by molar-refractivity contribution is 0.0651. The number of carbonyl (C=O) groups is 2. The Morgan fingerprint density at radius 1 is 1.53 bits per heavy atom. The molecule has 0 radical (unpaired) electrons. The van der Waals surface area contributed by atoms with Gasteiger partial charge in [-0.2, -0.15) is 0 Å². The SMILES string of the molecule is O=C(NCc1cccs1)c1cc(C(=O)O)on1. The van der Waals surface area contributed by atoms with Gasteiger partial charge in [0.05, 0.1) is 6.54 Å². The van der Waals surface area contributed by atoms with E-state index < -0.39 is 11.9 Å². The van der Waals surface area contributed by atoms with Crippen LogP contribution in [-0.2, 0) is 6.54 Å². The zero-order valence-corrected chi connectivity index (χ0v) is 9.36. The third-order valence-electron chi connectivity index (χ3n) is 1.96. The Morgan fingerprint density at radius 3 is 2.94 bits per heavy atom. The van der Waals surface area contributed by atoms with Gasteiger partial charge in [0.1, 0.15) is 0 Å². The van der Waals surface area contributed by atoms with Crippen molar-refractivity contribution >= 4 is 23.2 Å². The average Bonchev–Trinajstić information content (AvgIpc) is 2.96. The molecule has 0 aliphatic carbocycles. The van der Waals surface area contributed by atoms with Crippen LogP contribution in [0.4, 0.5) is 0 Å². The van der Waals surface area contributed by atoms with Crippen LogP contribution in [0.5, 0.6) is 0 Å². The Kier molecular flexibility index (Phi) is 3.20. The molecule has 0 bridgehead atoms. The molecule has 2 N–H and O–H groups in total. The molecule has 0 atom stereocenters. The number of nitrogens with zero attached hydrogens (tertiary/aromatic N) is 1. The number of nitrogens with one attached hydrogen (secondary N) is 1. The first-order valence-corrected chi connectivity index (χ1v) is 5.55. The van der Waals surface area contributed by atoms with Crippen molar-refractivity contribution in [1.82, 2.24) is 10.5 Å². The number of rotatable bonds is 4. The quantitative estimate of drug-likeness (QED) is 0.857. The van der Waals surface area contributed by atoms with Gasteiger partial charge in [-0.15, -0.1) is 11.3 Å². The Balaban J connectivity index is 1.97. The van der Waals surface area contributed by atoms with Crippen molar-refractivity contribution in [2.45, 2.75) is 6.54 Å². The van der Waals surface area contributed by atoms with Crippen molar-refractivity contribution in [3.63, 3.8) is 0 Å². The molecule has 2 aromatic rings. The van der Waals surface area contributed by atoms with Gasteiger partial charge >= 0.3 is 5.97 Å². The number of thiophene rings is 1. The van der Waals surface area contributed by atoms with Crippen LogP contribution in [0.15, 0.2) is 28.1 Å². The number of aromatic nitrogens is 1. The number of amides is 1. The Morgan fingerprint density at radius 2 is 2.35 bits per heavy atom. The van der Waals surface area contributed by atoms with Crippen LogP contribution in [0.25, 0.3) is 0 Å². The normalized spacial score (nSPS) is 10.1. The summed E-state index contributed by atoms with van der Waals surface area (Å²) in [6.07, 6.45) is 0. The Labute approximate surface area is 99.9 Å². The van der Waals surface area contributed by atoms with Crippen molar-refractivity contribution in [2.24, 2.45) is 0 Å². The Bertz CT molecular complexity index is 532. The summed E-state index contributed by atoms with van der Waals surface area (Å²) in [5.74, 6) is -2.07. The van der Waals surface area contributed by atoms with Gasteiger partial charge in [0.2, 0.25) is 5.76 Å². The molecule has 0 unspecified atom stereocenters. The highest BCUT2D eigenvalue weighted by Crippen LogP contribution is 2.08. The predicted molar refractivity (Wildman–Crippen MR) is 59.0 cm³/mol. The molecule has 0 fully saturated rings. The predicted octanol–water partition coefficient (Wildman–Crippen LogP) is 1.36. The van der Waals surface area contributed by atoms with Crippen LogP contribution in [0.1, 0.15) is 25.9 Å². The molecular weight excluding hydrogens is 244 g/mol. The molecule has 0 saturated heterocycles. The van der Waals surface area contributed by atoms with Gasteiger partial charge in [0.15, 0.2) is 5.69 Å². The van der Waals surface area contributed by atoms with E-state index in [0.717, 1.165) is 10.9 Å². The molecule has 7 heteroatoms. The van der Waals surface area contributed by atoms with E-state index in [-0.39, 0.29) is 11.5 Å². The van der Waals surface area contributed by atoms with Crippen molar-refractivity contribution in [3.8, 4) is 0 Å². The lowest BCUT2D eigenvalue weighted by atomic mass is 10.3. The van der Waals surface area contributed by atoms with Gasteiger partial charge < -0.3 is 14.9 Å². The highest BCUT2D eigenvalue weighted by Gasteiger charge is 2.16. The van der Waals surface area contributed by atoms with E-state index >= 15 is 0 Å².